The smallest absolute Gasteiger partial charge is 0.258 e. The van der Waals surface area contributed by atoms with E-state index in [1.54, 1.807) is 18.2 Å². The van der Waals surface area contributed by atoms with Gasteiger partial charge in [0.05, 0.1) is 13.7 Å². The number of carbonyl (C=O) groups is 2. The van der Waals surface area contributed by atoms with Gasteiger partial charge in [-0.1, -0.05) is 28.1 Å². The molecule has 148 valence electrons. The number of nitrogens with one attached hydrogen (secondary N) is 2. The molecule has 0 saturated heterocycles. The fraction of sp³-hybridized carbons (Fsp3) is 0.238. The number of hydrogen-bond acceptors (Lipinski definition) is 4. The zero-order valence-corrected chi connectivity index (χ0v) is 17.5. The van der Waals surface area contributed by atoms with Gasteiger partial charge in [-0.05, 0) is 54.8 Å². The van der Waals surface area contributed by atoms with Crippen molar-refractivity contribution in [3.63, 3.8) is 0 Å². The van der Waals surface area contributed by atoms with Crippen LogP contribution in [0.5, 0.6) is 11.5 Å². The Balaban J connectivity index is 1.82. The van der Waals surface area contributed by atoms with E-state index in [1.807, 2.05) is 31.2 Å². The number of halogens is 1. The largest absolute Gasteiger partial charge is 0.493 e. The maximum absolute atomic E-state index is 12.0. The van der Waals surface area contributed by atoms with E-state index in [0.717, 1.165) is 15.6 Å². The molecule has 2 aromatic rings. The van der Waals surface area contributed by atoms with Crippen LogP contribution in [0.4, 0.5) is 5.69 Å². The number of hydrogen-bond donors (Lipinski definition) is 2. The average Bonchev–Trinajstić information content (AvgIpc) is 2.67. The zero-order valence-electron chi connectivity index (χ0n) is 15.9. The molecule has 7 heteroatoms. The molecule has 0 aliphatic carbocycles. The van der Waals surface area contributed by atoms with Crippen molar-refractivity contribution in [1.29, 1.82) is 0 Å². The van der Waals surface area contributed by atoms with Gasteiger partial charge in [-0.25, -0.2) is 0 Å². The van der Waals surface area contributed by atoms with Crippen LogP contribution in [0.25, 0.3) is 0 Å². The Hall–Kier alpha value is -2.80. The Morgan fingerprint density at radius 1 is 1.14 bits per heavy atom. The van der Waals surface area contributed by atoms with Gasteiger partial charge in [0, 0.05) is 10.2 Å². The summed E-state index contributed by atoms with van der Waals surface area (Å²) in [4.78, 5) is 24.0. The molecule has 0 bridgehead atoms. The fourth-order valence-electron chi connectivity index (χ4n) is 2.46. The van der Waals surface area contributed by atoms with Crippen LogP contribution in [-0.4, -0.2) is 32.1 Å². The van der Waals surface area contributed by atoms with E-state index >= 15 is 0 Å². The molecular weight excluding hydrogens is 424 g/mol. The van der Waals surface area contributed by atoms with Crippen molar-refractivity contribution in [3.05, 3.63) is 64.7 Å². The molecule has 0 atom stereocenters. The van der Waals surface area contributed by atoms with Crippen LogP contribution in [0.2, 0.25) is 0 Å². The topological polar surface area (TPSA) is 76.7 Å². The Morgan fingerprint density at radius 3 is 2.61 bits per heavy atom. The summed E-state index contributed by atoms with van der Waals surface area (Å²) in [6.45, 7) is 5.23. The lowest BCUT2D eigenvalue weighted by Crippen LogP contribution is -2.35. The average molecular weight is 447 g/mol. The lowest BCUT2D eigenvalue weighted by molar-refractivity contribution is -0.125. The molecule has 6 nitrogen and oxygen atoms in total. The molecule has 0 heterocycles. The van der Waals surface area contributed by atoms with E-state index in [1.165, 1.54) is 7.11 Å². The molecular formula is C21H23BrN2O4. The van der Waals surface area contributed by atoms with Crippen LogP contribution in [0, 0.1) is 6.92 Å². The van der Waals surface area contributed by atoms with Crippen LogP contribution in [0.3, 0.4) is 0 Å². The van der Waals surface area contributed by atoms with Gasteiger partial charge in [0.25, 0.3) is 5.91 Å². The van der Waals surface area contributed by atoms with Crippen molar-refractivity contribution in [1.82, 2.24) is 5.32 Å². The third-order valence-electron chi connectivity index (χ3n) is 3.88. The number of aryl methyl sites for hydroxylation is 1. The molecule has 2 amide bonds. The number of carbonyl (C=O) groups excluding carboxylic acids is 2. The molecule has 0 aliphatic heterocycles. The monoisotopic (exact) mass is 446 g/mol. The lowest BCUT2D eigenvalue weighted by atomic mass is 10.1. The highest BCUT2D eigenvalue weighted by molar-refractivity contribution is 9.10. The molecule has 0 saturated carbocycles. The molecule has 0 fully saturated rings. The number of anilines is 1. The summed E-state index contributed by atoms with van der Waals surface area (Å²) in [6, 6.07) is 11.0. The minimum atomic E-state index is -0.403. The van der Waals surface area contributed by atoms with E-state index in [0.29, 0.717) is 23.6 Å². The van der Waals surface area contributed by atoms with Crippen LogP contribution in [-0.2, 0) is 16.0 Å². The molecule has 0 aliphatic rings. The van der Waals surface area contributed by atoms with E-state index in [-0.39, 0.29) is 19.1 Å². The van der Waals surface area contributed by atoms with E-state index in [4.69, 9.17) is 9.47 Å². The summed E-state index contributed by atoms with van der Waals surface area (Å²) in [5.41, 5.74) is 2.65. The second-order valence-corrected chi connectivity index (χ2v) is 6.97. The molecule has 0 radical (unpaired) electrons. The first-order valence-electron chi connectivity index (χ1n) is 8.66. The minimum Gasteiger partial charge on any atom is -0.493 e. The summed E-state index contributed by atoms with van der Waals surface area (Å²) in [5, 5.41) is 5.29. The van der Waals surface area contributed by atoms with Gasteiger partial charge in [-0.15, -0.1) is 6.58 Å². The Morgan fingerprint density at radius 2 is 1.93 bits per heavy atom. The van der Waals surface area contributed by atoms with E-state index in [2.05, 4.69) is 33.1 Å². The molecule has 2 N–H and O–H groups in total. The summed E-state index contributed by atoms with van der Waals surface area (Å²) >= 11 is 3.37. The quantitative estimate of drug-likeness (QED) is 0.576. The van der Waals surface area contributed by atoms with Crippen LogP contribution >= 0.6 is 15.9 Å². The predicted octanol–water partition coefficient (Wildman–Crippen LogP) is 3.63. The van der Waals surface area contributed by atoms with E-state index in [9.17, 15) is 9.59 Å². The van der Waals surface area contributed by atoms with Gasteiger partial charge in [-0.2, -0.15) is 0 Å². The summed E-state index contributed by atoms with van der Waals surface area (Å²) in [7, 11) is 1.54. The minimum absolute atomic E-state index is 0.146. The van der Waals surface area contributed by atoms with Crippen LogP contribution in [0.1, 0.15) is 11.1 Å². The van der Waals surface area contributed by atoms with Gasteiger partial charge >= 0.3 is 0 Å². The van der Waals surface area contributed by atoms with Crippen molar-refractivity contribution in [2.75, 3.05) is 25.6 Å². The fourth-order valence-corrected chi connectivity index (χ4v) is 2.94. The second-order valence-electron chi connectivity index (χ2n) is 6.05. The third kappa shape index (κ3) is 6.42. The van der Waals surface area contributed by atoms with Gasteiger partial charge in [0.15, 0.2) is 18.1 Å². The van der Waals surface area contributed by atoms with Crippen molar-refractivity contribution in [2.45, 2.75) is 13.3 Å². The van der Waals surface area contributed by atoms with Crippen molar-refractivity contribution in [3.8, 4) is 11.5 Å². The molecule has 0 spiro atoms. The van der Waals surface area contributed by atoms with Gasteiger partial charge in [0.1, 0.15) is 0 Å². The summed E-state index contributed by atoms with van der Waals surface area (Å²) in [5.74, 6) is 0.279. The highest BCUT2D eigenvalue weighted by Gasteiger charge is 2.11. The van der Waals surface area contributed by atoms with Gasteiger partial charge in [-0.3, -0.25) is 9.59 Å². The molecule has 0 aromatic heterocycles. The van der Waals surface area contributed by atoms with Crippen molar-refractivity contribution >= 4 is 33.4 Å². The normalized spacial score (nSPS) is 10.1. The maximum Gasteiger partial charge on any atom is 0.258 e. The number of methoxy groups -OCH3 is 1. The second kappa shape index (κ2) is 10.5. The predicted molar refractivity (Wildman–Crippen MR) is 113 cm³/mol. The van der Waals surface area contributed by atoms with Gasteiger partial charge in [0.2, 0.25) is 5.91 Å². The molecule has 2 rings (SSSR count). The van der Waals surface area contributed by atoms with Crippen LogP contribution in [0.15, 0.2) is 53.5 Å². The third-order valence-corrected chi connectivity index (χ3v) is 4.37. The Bertz CT molecular complexity index is 867. The number of benzene rings is 2. The summed E-state index contributed by atoms with van der Waals surface area (Å²) < 4.78 is 11.7. The van der Waals surface area contributed by atoms with Crippen LogP contribution < -0.4 is 20.1 Å². The number of allylic oxidation sites excluding steroid dienone is 1. The molecule has 28 heavy (non-hydrogen) atoms. The zero-order chi connectivity index (χ0) is 20.5. The Labute approximate surface area is 173 Å². The molecule has 2 aromatic carbocycles. The maximum atomic E-state index is 12.0. The number of rotatable bonds is 9. The first kappa shape index (κ1) is 21.5. The summed E-state index contributed by atoms with van der Waals surface area (Å²) in [6.07, 6.45) is 2.51. The van der Waals surface area contributed by atoms with Crippen molar-refractivity contribution in [2.24, 2.45) is 0 Å². The lowest BCUT2D eigenvalue weighted by Gasteiger charge is -2.12. The standard InChI is InChI=1S/C21H23BrN2O4/c1-4-5-15-6-9-18(19(11-15)27-3)28-13-21(26)23-12-20(25)24-17-8-7-16(22)10-14(17)2/h4,6-11H,1,5,12-13H2,2-3H3,(H,23,26)(H,24,25). The first-order valence-corrected chi connectivity index (χ1v) is 9.45. The first-order chi connectivity index (χ1) is 13.4. The number of ether oxygens (including phenoxy) is 2. The SMILES string of the molecule is C=CCc1ccc(OCC(=O)NCC(=O)Nc2ccc(Br)cc2C)c(OC)c1. The Kier molecular flexibility index (Phi) is 8.07. The number of amides is 2. The van der Waals surface area contributed by atoms with Crippen molar-refractivity contribution < 1.29 is 19.1 Å². The van der Waals surface area contributed by atoms with E-state index < -0.39 is 5.91 Å². The van der Waals surface area contributed by atoms with Gasteiger partial charge < -0.3 is 20.1 Å². The highest BCUT2D eigenvalue weighted by atomic mass is 79.9. The molecule has 0 unspecified atom stereocenters. The highest BCUT2D eigenvalue weighted by Crippen LogP contribution is 2.28.